The minimum Gasteiger partial charge on any atom is -0.490 e. The van der Waals surface area contributed by atoms with E-state index in [0.717, 1.165) is 0 Å². The number of alkyl halides is 1. The van der Waals surface area contributed by atoms with Gasteiger partial charge < -0.3 is 4.74 Å². The average Bonchev–Trinajstić information content (AvgIpc) is 2.23. The molecule has 0 saturated carbocycles. The largest absolute Gasteiger partial charge is 0.490 e. The van der Waals surface area contributed by atoms with Crippen LogP contribution in [0.5, 0.6) is 5.75 Å². The molecule has 0 aliphatic carbocycles. The number of hydrogen-bond donors (Lipinski definition) is 1. The minimum absolute atomic E-state index is 0.199. The maximum Gasteiger partial charge on any atom is 0.242 e. The van der Waals surface area contributed by atoms with Crippen LogP contribution in [-0.2, 0) is 10.0 Å². The van der Waals surface area contributed by atoms with Crippen LogP contribution in [0.25, 0.3) is 0 Å². The molecule has 1 N–H and O–H groups in total. The maximum absolute atomic E-state index is 11.5. The van der Waals surface area contributed by atoms with Crippen molar-refractivity contribution in [2.75, 3.05) is 16.0 Å². The molecule has 0 spiro atoms. The summed E-state index contributed by atoms with van der Waals surface area (Å²) in [5.41, 5.74) is 0.311. The maximum atomic E-state index is 11.5. The van der Waals surface area contributed by atoms with E-state index < -0.39 is 10.0 Å². The zero-order valence-corrected chi connectivity index (χ0v) is 13.6. The Labute approximate surface area is 122 Å². The highest BCUT2D eigenvalue weighted by Crippen LogP contribution is 2.37. The third-order valence-electron chi connectivity index (χ3n) is 1.71. The Hall–Kier alpha value is 0.0200. The summed E-state index contributed by atoms with van der Waals surface area (Å²) in [6.07, 6.45) is 0. The normalized spacial score (nSPS) is 11.3. The number of anilines is 1. The molecule has 17 heavy (non-hydrogen) atoms. The van der Waals surface area contributed by atoms with Crippen molar-refractivity contribution in [1.29, 1.82) is 0 Å². The summed E-state index contributed by atoms with van der Waals surface area (Å²) in [5.74, 6) is 0.418. The number of benzene rings is 1. The molecule has 4 nitrogen and oxygen atoms in total. The summed E-state index contributed by atoms with van der Waals surface area (Å²) in [6.45, 7) is 2.23. The zero-order valence-electron chi connectivity index (χ0n) is 8.84. The van der Waals surface area contributed by atoms with E-state index in [4.69, 9.17) is 16.3 Å². The van der Waals surface area contributed by atoms with E-state index in [1.807, 2.05) is 6.92 Å². The van der Waals surface area contributed by atoms with E-state index >= 15 is 0 Å². The summed E-state index contributed by atoms with van der Waals surface area (Å²) < 4.78 is 31.1. The quantitative estimate of drug-likeness (QED) is 0.759. The molecule has 96 valence electrons. The van der Waals surface area contributed by atoms with Crippen molar-refractivity contribution in [2.45, 2.75) is 6.92 Å². The minimum atomic E-state index is -3.44. The summed E-state index contributed by atoms with van der Waals surface area (Å²) in [4.78, 5) is 0. The van der Waals surface area contributed by atoms with Gasteiger partial charge in [0.25, 0.3) is 0 Å². The van der Waals surface area contributed by atoms with Gasteiger partial charge in [0.1, 0.15) is 4.66 Å². The molecule has 0 unspecified atom stereocenters. The Morgan fingerprint density at radius 3 is 2.65 bits per heavy atom. The van der Waals surface area contributed by atoms with Gasteiger partial charge in [-0.25, -0.2) is 8.42 Å². The van der Waals surface area contributed by atoms with Gasteiger partial charge in [-0.15, -0.1) is 0 Å². The second-order valence-corrected chi connectivity index (χ2v) is 7.34. The second kappa shape index (κ2) is 6.26. The van der Waals surface area contributed by atoms with Gasteiger partial charge >= 0.3 is 0 Å². The Bertz CT molecular complexity index is 507. The van der Waals surface area contributed by atoms with Gasteiger partial charge in [-0.1, -0.05) is 27.5 Å². The van der Waals surface area contributed by atoms with E-state index in [2.05, 4.69) is 36.6 Å². The van der Waals surface area contributed by atoms with E-state index in [0.29, 0.717) is 27.5 Å². The number of sulfonamides is 1. The first-order chi connectivity index (χ1) is 7.89. The fourth-order valence-electron chi connectivity index (χ4n) is 1.12. The van der Waals surface area contributed by atoms with Gasteiger partial charge in [-0.3, -0.25) is 4.72 Å². The molecule has 0 fully saturated rings. The number of ether oxygens (including phenoxy) is 1. The topological polar surface area (TPSA) is 55.4 Å². The predicted octanol–water partition coefficient (Wildman–Crippen LogP) is 3.60. The van der Waals surface area contributed by atoms with Crippen molar-refractivity contribution < 1.29 is 13.2 Å². The van der Waals surface area contributed by atoms with Crippen LogP contribution < -0.4 is 9.46 Å². The number of rotatable bonds is 5. The summed E-state index contributed by atoms with van der Waals surface area (Å²) in [6, 6.07) is 3.13. The van der Waals surface area contributed by atoms with Crippen LogP contribution in [-0.4, -0.2) is 19.7 Å². The van der Waals surface area contributed by atoms with Gasteiger partial charge in [0.15, 0.2) is 5.75 Å². The van der Waals surface area contributed by atoms with Gasteiger partial charge in [0.05, 0.1) is 16.8 Å². The molecule has 0 heterocycles. The third-order valence-corrected chi connectivity index (χ3v) is 5.14. The molecule has 1 rings (SSSR count). The summed E-state index contributed by atoms with van der Waals surface area (Å²) in [5, 5.41) is 0.410. The molecule has 1 aromatic carbocycles. The third kappa shape index (κ3) is 4.31. The monoisotopic (exact) mass is 405 g/mol. The molecule has 0 amide bonds. The van der Waals surface area contributed by atoms with Gasteiger partial charge in [-0.2, -0.15) is 0 Å². The molecule has 1 aromatic rings. The Morgan fingerprint density at radius 2 is 2.12 bits per heavy atom. The molecular formula is C9H10Br2ClNO3S. The highest BCUT2D eigenvalue weighted by molar-refractivity contribution is 9.11. The highest BCUT2D eigenvalue weighted by Gasteiger charge is 2.15. The molecule has 0 aromatic heterocycles. The molecule has 0 bridgehead atoms. The molecular weight excluding hydrogens is 397 g/mol. The first-order valence-corrected chi connectivity index (χ1v) is 8.52. The lowest BCUT2D eigenvalue weighted by Crippen LogP contribution is -2.14. The number of hydrogen-bond acceptors (Lipinski definition) is 3. The van der Waals surface area contributed by atoms with Crippen molar-refractivity contribution in [1.82, 2.24) is 0 Å². The van der Waals surface area contributed by atoms with Gasteiger partial charge in [0, 0.05) is 5.02 Å². The van der Waals surface area contributed by atoms with E-state index in [1.54, 1.807) is 6.07 Å². The van der Waals surface area contributed by atoms with E-state index in [1.165, 1.54) is 6.07 Å². The van der Waals surface area contributed by atoms with Crippen LogP contribution in [0.15, 0.2) is 16.6 Å². The first kappa shape index (κ1) is 15.1. The van der Waals surface area contributed by atoms with E-state index in [9.17, 15) is 8.42 Å². The van der Waals surface area contributed by atoms with E-state index in [-0.39, 0.29) is 4.66 Å². The summed E-state index contributed by atoms with van der Waals surface area (Å²) in [7, 11) is -3.44. The van der Waals surface area contributed by atoms with Crippen molar-refractivity contribution in [3.8, 4) is 5.75 Å². The van der Waals surface area contributed by atoms with Crippen molar-refractivity contribution in [3.63, 3.8) is 0 Å². The Balaban J connectivity index is 3.21. The summed E-state index contributed by atoms with van der Waals surface area (Å²) >= 11 is 12.0. The van der Waals surface area contributed by atoms with Crippen molar-refractivity contribution >= 4 is 59.2 Å². The predicted molar refractivity (Wildman–Crippen MR) is 76.7 cm³/mol. The number of halogens is 3. The lowest BCUT2D eigenvalue weighted by Gasteiger charge is -2.14. The lowest BCUT2D eigenvalue weighted by atomic mass is 10.3. The van der Waals surface area contributed by atoms with Crippen LogP contribution in [0.1, 0.15) is 6.92 Å². The molecule has 0 radical (unpaired) electrons. The van der Waals surface area contributed by atoms with Crippen LogP contribution >= 0.6 is 43.5 Å². The Morgan fingerprint density at radius 1 is 1.47 bits per heavy atom. The molecule has 0 aliphatic rings. The zero-order chi connectivity index (χ0) is 13.1. The molecule has 0 saturated heterocycles. The molecule has 0 aliphatic heterocycles. The number of nitrogens with one attached hydrogen (secondary N) is 1. The van der Waals surface area contributed by atoms with Gasteiger partial charge in [-0.05, 0) is 35.0 Å². The van der Waals surface area contributed by atoms with Crippen molar-refractivity contribution in [3.05, 3.63) is 21.6 Å². The molecule has 0 atom stereocenters. The Kier molecular flexibility index (Phi) is 5.56. The SMILES string of the molecule is CCOc1c(Br)cc(Cl)cc1NS(=O)(=O)CBr. The smallest absolute Gasteiger partial charge is 0.242 e. The fraction of sp³-hybridized carbons (Fsp3) is 0.333. The van der Waals surface area contributed by atoms with Crippen LogP contribution in [0, 0.1) is 0 Å². The van der Waals surface area contributed by atoms with Crippen molar-refractivity contribution in [2.24, 2.45) is 0 Å². The van der Waals surface area contributed by atoms with Crippen LogP contribution in [0.2, 0.25) is 5.02 Å². The highest BCUT2D eigenvalue weighted by atomic mass is 79.9. The second-order valence-electron chi connectivity index (χ2n) is 3.02. The van der Waals surface area contributed by atoms with Crippen LogP contribution in [0.3, 0.4) is 0 Å². The average molecular weight is 408 g/mol. The van der Waals surface area contributed by atoms with Gasteiger partial charge in [0.2, 0.25) is 10.0 Å². The molecule has 8 heteroatoms. The standard InChI is InChI=1S/C9H10Br2ClNO3S/c1-2-16-9-7(11)3-6(12)4-8(9)13-17(14,15)5-10/h3-4,13H,2,5H2,1H3. The first-order valence-electron chi connectivity index (χ1n) is 4.58. The van der Waals surface area contributed by atoms with Crippen LogP contribution in [0.4, 0.5) is 5.69 Å². The fourth-order valence-corrected chi connectivity index (χ4v) is 2.93. The lowest BCUT2D eigenvalue weighted by molar-refractivity contribution is 0.340.